The molecule has 20 heavy (non-hydrogen) atoms. The third-order valence-electron chi connectivity index (χ3n) is 2.70. The molecule has 3 nitrogen and oxygen atoms in total. The van der Waals surface area contributed by atoms with Crippen LogP contribution < -0.4 is 15.8 Å². The topological polar surface area (TPSA) is 47.3 Å². The number of anilines is 2. The van der Waals surface area contributed by atoms with E-state index in [1.165, 1.54) is 0 Å². The second-order valence-electron chi connectivity index (χ2n) is 4.14. The molecule has 0 aliphatic carbocycles. The van der Waals surface area contributed by atoms with Gasteiger partial charge in [-0.05, 0) is 49.4 Å². The normalized spacial score (nSPS) is 10.1. The summed E-state index contributed by atoms with van der Waals surface area (Å²) in [6.45, 7) is 2.61. The summed E-state index contributed by atoms with van der Waals surface area (Å²) >= 11 is 11.1. The summed E-state index contributed by atoms with van der Waals surface area (Å²) in [6.07, 6.45) is 0. The van der Waals surface area contributed by atoms with E-state index in [1.807, 2.05) is 43.3 Å². The Morgan fingerprint density at radius 2 is 1.95 bits per heavy atom. The van der Waals surface area contributed by atoms with Gasteiger partial charge in [0.25, 0.3) is 0 Å². The predicted octanol–water partition coefficient (Wildman–Crippen LogP) is 4.12. The highest BCUT2D eigenvalue weighted by Crippen LogP contribution is 2.27. The number of thiocarbonyl (C=S) groups is 1. The second kappa shape index (κ2) is 6.59. The van der Waals surface area contributed by atoms with Gasteiger partial charge in [0.05, 0.1) is 17.3 Å². The van der Waals surface area contributed by atoms with E-state index in [2.05, 4.69) is 5.32 Å². The van der Waals surface area contributed by atoms with Crippen LogP contribution in [0.25, 0.3) is 0 Å². The molecule has 0 saturated heterocycles. The molecule has 0 radical (unpaired) electrons. The zero-order valence-corrected chi connectivity index (χ0v) is 12.6. The molecule has 3 N–H and O–H groups in total. The van der Waals surface area contributed by atoms with Gasteiger partial charge in [-0.3, -0.25) is 0 Å². The molecule has 0 aliphatic rings. The van der Waals surface area contributed by atoms with E-state index in [4.69, 9.17) is 34.3 Å². The molecule has 0 fully saturated rings. The van der Waals surface area contributed by atoms with Crippen molar-refractivity contribution in [3.05, 3.63) is 53.1 Å². The van der Waals surface area contributed by atoms with Crippen LogP contribution in [0.4, 0.5) is 11.4 Å². The number of rotatable bonds is 5. The lowest BCUT2D eigenvalue weighted by Crippen LogP contribution is -2.09. The predicted molar refractivity (Wildman–Crippen MR) is 88.2 cm³/mol. The Balaban J connectivity index is 2.15. The Bertz CT molecular complexity index is 614. The van der Waals surface area contributed by atoms with Gasteiger partial charge in [0.1, 0.15) is 10.7 Å². The maximum absolute atomic E-state index is 6.20. The van der Waals surface area contributed by atoms with Gasteiger partial charge in [-0.2, -0.15) is 0 Å². The van der Waals surface area contributed by atoms with Gasteiger partial charge in [-0.15, -0.1) is 0 Å². The Morgan fingerprint density at radius 3 is 2.50 bits per heavy atom. The molecule has 0 atom stereocenters. The summed E-state index contributed by atoms with van der Waals surface area (Å²) in [6, 6.07) is 13.1. The number of halogens is 1. The van der Waals surface area contributed by atoms with Crippen molar-refractivity contribution < 1.29 is 4.74 Å². The fraction of sp³-hybridized carbons (Fsp3) is 0.133. The number of benzene rings is 2. The standard InChI is InChI=1S/C15H15ClN2OS/c1-2-19-12-6-4-11(5-7-12)18-14-8-3-10(15(17)20)9-13(14)16/h3-9,18H,2H2,1H3,(H2,17,20). The maximum Gasteiger partial charge on any atom is 0.119 e. The largest absolute Gasteiger partial charge is 0.494 e. The summed E-state index contributed by atoms with van der Waals surface area (Å²) in [5.74, 6) is 0.841. The van der Waals surface area contributed by atoms with Crippen molar-refractivity contribution in [2.75, 3.05) is 11.9 Å². The van der Waals surface area contributed by atoms with Crippen LogP contribution in [0.1, 0.15) is 12.5 Å². The molecule has 5 heteroatoms. The van der Waals surface area contributed by atoms with E-state index in [0.29, 0.717) is 16.6 Å². The highest BCUT2D eigenvalue weighted by atomic mass is 35.5. The van der Waals surface area contributed by atoms with Gasteiger partial charge in [0, 0.05) is 11.3 Å². The number of hydrogen-bond acceptors (Lipinski definition) is 3. The lowest BCUT2D eigenvalue weighted by molar-refractivity contribution is 0.340. The van der Waals surface area contributed by atoms with Crippen LogP contribution in [0.15, 0.2) is 42.5 Å². The zero-order valence-electron chi connectivity index (χ0n) is 11.0. The van der Waals surface area contributed by atoms with Crippen LogP contribution in [0, 0.1) is 0 Å². The first-order chi connectivity index (χ1) is 9.60. The van der Waals surface area contributed by atoms with Crippen molar-refractivity contribution in [2.45, 2.75) is 6.92 Å². The van der Waals surface area contributed by atoms with Crippen LogP contribution in [0.2, 0.25) is 5.02 Å². The van der Waals surface area contributed by atoms with Gasteiger partial charge in [-0.1, -0.05) is 23.8 Å². The van der Waals surface area contributed by atoms with Gasteiger partial charge in [0.15, 0.2) is 0 Å². The summed E-state index contributed by atoms with van der Waals surface area (Å²) < 4.78 is 5.39. The van der Waals surface area contributed by atoms with Gasteiger partial charge < -0.3 is 15.8 Å². The molecular weight excluding hydrogens is 292 g/mol. The number of nitrogens with two attached hydrogens (primary N) is 1. The van der Waals surface area contributed by atoms with E-state index in [9.17, 15) is 0 Å². The van der Waals surface area contributed by atoms with Crippen LogP contribution >= 0.6 is 23.8 Å². The second-order valence-corrected chi connectivity index (χ2v) is 4.99. The van der Waals surface area contributed by atoms with E-state index >= 15 is 0 Å². The summed E-state index contributed by atoms with van der Waals surface area (Å²) in [4.78, 5) is 0.333. The van der Waals surface area contributed by atoms with Crippen molar-refractivity contribution in [3.8, 4) is 5.75 Å². The highest BCUT2D eigenvalue weighted by molar-refractivity contribution is 7.80. The fourth-order valence-corrected chi connectivity index (χ4v) is 2.08. The number of hydrogen-bond donors (Lipinski definition) is 2. The minimum absolute atomic E-state index is 0.333. The van der Waals surface area contributed by atoms with Crippen molar-refractivity contribution in [3.63, 3.8) is 0 Å². The minimum Gasteiger partial charge on any atom is -0.494 e. The van der Waals surface area contributed by atoms with E-state index in [-0.39, 0.29) is 0 Å². The van der Waals surface area contributed by atoms with Crippen LogP contribution in [0.3, 0.4) is 0 Å². The van der Waals surface area contributed by atoms with Crippen LogP contribution in [-0.4, -0.2) is 11.6 Å². The molecule has 0 heterocycles. The summed E-state index contributed by atoms with van der Waals surface area (Å²) in [5, 5.41) is 3.81. The fourth-order valence-electron chi connectivity index (χ4n) is 1.73. The molecule has 0 bridgehead atoms. The van der Waals surface area contributed by atoms with E-state index < -0.39 is 0 Å². The van der Waals surface area contributed by atoms with Crippen molar-refractivity contribution in [1.82, 2.24) is 0 Å². The number of nitrogens with one attached hydrogen (secondary N) is 1. The Hall–Kier alpha value is -1.78. The highest BCUT2D eigenvalue weighted by Gasteiger charge is 2.04. The van der Waals surface area contributed by atoms with Gasteiger partial charge in [-0.25, -0.2) is 0 Å². The monoisotopic (exact) mass is 306 g/mol. The molecule has 0 spiro atoms. The molecule has 2 rings (SSSR count). The van der Waals surface area contributed by atoms with Crippen LogP contribution in [0.5, 0.6) is 5.75 Å². The Kier molecular flexibility index (Phi) is 4.82. The first kappa shape index (κ1) is 14.6. The molecular formula is C15H15ClN2OS. The molecule has 2 aromatic carbocycles. The average Bonchev–Trinajstić information content (AvgIpc) is 2.43. The average molecular weight is 307 g/mol. The summed E-state index contributed by atoms with van der Waals surface area (Å²) in [5.41, 5.74) is 8.05. The third-order valence-corrected chi connectivity index (χ3v) is 3.25. The smallest absolute Gasteiger partial charge is 0.119 e. The molecule has 104 valence electrons. The molecule has 0 unspecified atom stereocenters. The van der Waals surface area contributed by atoms with E-state index in [0.717, 1.165) is 22.7 Å². The van der Waals surface area contributed by atoms with Gasteiger partial charge >= 0.3 is 0 Å². The Morgan fingerprint density at radius 1 is 1.25 bits per heavy atom. The lowest BCUT2D eigenvalue weighted by atomic mass is 10.2. The maximum atomic E-state index is 6.20. The SMILES string of the molecule is CCOc1ccc(Nc2ccc(C(N)=S)cc2Cl)cc1. The quantitative estimate of drug-likeness (QED) is 0.816. The molecule has 0 aromatic heterocycles. The third kappa shape index (κ3) is 3.62. The van der Waals surface area contributed by atoms with Crippen molar-refractivity contribution in [1.29, 1.82) is 0 Å². The number of ether oxygens (including phenoxy) is 1. The lowest BCUT2D eigenvalue weighted by Gasteiger charge is -2.10. The molecule has 0 amide bonds. The van der Waals surface area contributed by atoms with E-state index in [1.54, 1.807) is 6.07 Å². The van der Waals surface area contributed by atoms with Gasteiger partial charge in [0.2, 0.25) is 0 Å². The van der Waals surface area contributed by atoms with Crippen molar-refractivity contribution in [2.24, 2.45) is 5.73 Å². The first-order valence-electron chi connectivity index (χ1n) is 6.19. The minimum atomic E-state index is 0.333. The summed E-state index contributed by atoms with van der Waals surface area (Å²) in [7, 11) is 0. The zero-order chi connectivity index (χ0) is 14.5. The van der Waals surface area contributed by atoms with Crippen LogP contribution in [-0.2, 0) is 0 Å². The first-order valence-corrected chi connectivity index (χ1v) is 6.98. The molecule has 2 aromatic rings. The molecule has 0 saturated carbocycles. The molecule has 0 aliphatic heterocycles. The van der Waals surface area contributed by atoms with Crippen molar-refractivity contribution >= 4 is 40.2 Å². The Labute approximate surface area is 128 Å².